The lowest BCUT2D eigenvalue weighted by Crippen LogP contribution is -2.40. The van der Waals surface area contributed by atoms with Gasteiger partial charge in [0, 0.05) is 25.0 Å². The average Bonchev–Trinajstić information content (AvgIpc) is 3.46. The third-order valence-electron chi connectivity index (χ3n) is 5.83. The molecular formula is C24H23N5O. The Balaban J connectivity index is 1.47. The minimum atomic E-state index is -0.141. The van der Waals surface area contributed by atoms with Gasteiger partial charge >= 0.3 is 0 Å². The van der Waals surface area contributed by atoms with E-state index in [2.05, 4.69) is 58.3 Å². The predicted molar refractivity (Wildman–Crippen MR) is 114 cm³/mol. The second-order valence-corrected chi connectivity index (χ2v) is 7.61. The van der Waals surface area contributed by atoms with E-state index in [9.17, 15) is 4.79 Å². The maximum atomic E-state index is 13.3. The van der Waals surface area contributed by atoms with Gasteiger partial charge in [-0.05, 0) is 30.2 Å². The number of fused-ring (bicyclic) bond motifs is 1. The Bertz CT molecular complexity index is 1110. The zero-order valence-electron chi connectivity index (χ0n) is 16.8. The van der Waals surface area contributed by atoms with Crippen LogP contribution in [0.2, 0.25) is 0 Å². The molecule has 0 spiro atoms. The van der Waals surface area contributed by atoms with Crippen LogP contribution in [-0.4, -0.2) is 36.9 Å². The molecule has 0 fully saturated rings. The second-order valence-electron chi connectivity index (χ2n) is 7.61. The summed E-state index contributed by atoms with van der Waals surface area (Å²) in [6.07, 6.45) is 3.83. The molecule has 2 aromatic heterocycles. The van der Waals surface area contributed by atoms with Crippen LogP contribution in [0.4, 0.5) is 0 Å². The molecule has 0 N–H and O–H groups in total. The highest BCUT2D eigenvalue weighted by Crippen LogP contribution is 2.28. The van der Waals surface area contributed by atoms with E-state index in [0.717, 1.165) is 23.4 Å². The molecule has 1 aliphatic rings. The maximum Gasteiger partial charge on any atom is 0.276 e. The van der Waals surface area contributed by atoms with Gasteiger partial charge in [0.05, 0.1) is 12.2 Å². The number of hydrogen-bond acceptors (Lipinski definition) is 3. The number of carbonyl (C=O) groups excluding carboxylic acids is 1. The number of aromatic nitrogens is 4. The van der Waals surface area contributed by atoms with E-state index in [1.54, 1.807) is 10.9 Å². The molecule has 1 aliphatic heterocycles. The van der Waals surface area contributed by atoms with Crippen molar-refractivity contribution in [2.75, 3.05) is 6.54 Å². The van der Waals surface area contributed by atoms with Crippen molar-refractivity contribution in [3.63, 3.8) is 0 Å². The molecule has 4 aromatic rings. The number of nitrogens with zero attached hydrogens (tertiary/aromatic N) is 5. The van der Waals surface area contributed by atoms with Crippen LogP contribution in [0.5, 0.6) is 0 Å². The fraction of sp³-hybridized carbons (Fsp3) is 0.208. The first-order valence-corrected chi connectivity index (χ1v) is 10.2. The molecule has 5 rings (SSSR count). The lowest BCUT2D eigenvalue weighted by atomic mass is 9.99. The summed E-state index contributed by atoms with van der Waals surface area (Å²) in [5.74, 6) is -0.0823. The summed E-state index contributed by atoms with van der Waals surface area (Å²) in [7, 11) is 0. The largest absolute Gasteiger partial charge is 0.348 e. The van der Waals surface area contributed by atoms with E-state index in [4.69, 9.17) is 0 Å². The summed E-state index contributed by atoms with van der Waals surface area (Å²) in [4.78, 5) is 15.1. The summed E-state index contributed by atoms with van der Waals surface area (Å²) in [6, 6.07) is 24.3. The highest BCUT2D eigenvalue weighted by atomic mass is 16.2. The van der Waals surface area contributed by atoms with Gasteiger partial charge in [-0.3, -0.25) is 4.79 Å². The Morgan fingerprint density at radius 3 is 2.27 bits per heavy atom. The predicted octanol–water partition coefficient (Wildman–Crippen LogP) is 3.93. The number of rotatable bonds is 4. The normalized spacial score (nSPS) is 15.9. The molecular weight excluding hydrogens is 374 g/mol. The van der Waals surface area contributed by atoms with Gasteiger partial charge < -0.3 is 9.47 Å². The van der Waals surface area contributed by atoms with Crippen molar-refractivity contribution >= 4 is 5.91 Å². The number of benzene rings is 2. The summed E-state index contributed by atoms with van der Waals surface area (Å²) in [6.45, 7) is 3.52. The minimum Gasteiger partial charge on any atom is -0.348 e. The van der Waals surface area contributed by atoms with Crippen LogP contribution in [0.25, 0.3) is 0 Å². The molecule has 0 saturated carbocycles. The molecule has 0 radical (unpaired) electrons. The molecule has 0 bridgehead atoms. The smallest absolute Gasteiger partial charge is 0.276 e. The molecule has 30 heavy (non-hydrogen) atoms. The van der Waals surface area contributed by atoms with Gasteiger partial charge in [0.25, 0.3) is 5.91 Å². The molecule has 150 valence electrons. The van der Waals surface area contributed by atoms with Crippen molar-refractivity contribution in [3.05, 3.63) is 108 Å². The Labute approximate surface area is 175 Å². The fourth-order valence-electron chi connectivity index (χ4n) is 4.27. The van der Waals surface area contributed by atoms with Crippen LogP contribution in [0, 0.1) is 0 Å². The van der Waals surface area contributed by atoms with Crippen molar-refractivity contribution in [1.29, 1.82) is 0 Å². The highest BCUT2D eigenvalue weighted by molar-refractivity contribution is 5.92. The van der Waals surface area contributed by atoms with Gasteiger partial charge in [-0.15, -0.1) is 5.10 Å². The molecule has 1 amide bonds. The monoisotopic (exact) mass is 397 g/mol. The third kappa shape index (κ3) is 3.20. The maximum absolute atomic E-state index is 13.3. The van der Waals surface area contributed by atoms with E-state index >= 15 is 0 Å². The molecule has 6 nitrogen and oxygen atoms in total. The Hall–Kier alpha value is -3.67. The van der Waals surface area contributed by atoms with Crippen molar-refractivity contribution < 1.29 is 4.79 Å². The Morgan fingerprint density at radius 1 is 0.933 bits per heavy atom. The van der Waals surface area contributed by atoms with Crippen molar-refractivity contribution in [1.82, 2.24) is 24.5 Å². The van der Waals surface area contributed by atoms with Crippen LogP contribution >= 0.6 is 0 Å². The van der Waals surface area contributed by atoms with Crippen LogP contribution in [-0.2, 0) is 6.54 Å². The molecule has 1 unspecified atom stereocenters. The SMILES string of the molecule is CC1c2cccn2CCN1C(=O)c1cn(C(c2ccccc2)c2ccccc2)nn1. The van der Waals surface area contributed by atoms with Crippen molar-refractivity contribution in [2.45, 2.75) is 25.6 Å². The topological polar surface area (TPSA) is 56.0 Å². The number of carbonyl (C=O) groups is 1. The van der Waals surface area contributed by atoms with Gasteiger partial charge in [0.15, 0.2) is 5.69 Å². The Morgan fingerprint density at radius 2 is 1.60 bits per heavy atom. The van der Waals surface area contributed by atoms with Crippen molar-refractivity contribution in [2.24, 2.45) is 0 Å². The van der Waals surface area contributed by atoms with E-state index in [1.807, 2.05) is 47.4 Å². The van der Waals surface area contributed by atoms with Crippen LogP contribution in [0.1, 0.15) is 46.3 Å². The zero-order valence-corrected chi connectivity index (χ0v) is 16.8. The first kappa shape index (κ1) is 18.4. The van der Waals surface area contributed by atoms with Gasteiger partial charge in [0.2, 0.25) is 0 Å². The van der Waals surface area contributed by atoms with E-state index in [0.29, 0.717) is 12.2 Å². The zero-order chi connectivity index (χ0) is 20.5. The molecule has 6 heteroatoms. The second kappa shape index (κ2) is 7.63. The average molecular weight is 397 g/mol. The molecule has 1 atom stereocenters. The lowest BCUT2D eigenvalue weighted by Gasteiger charge is -2.34. The molecule has 3 heterocycles. The third-order valence-corrected chi connectivity index (χ3v) is 5.83. The molecule has 2 aromatic carbocycles. The first-order valence-electron chi connectivity index (χ1n) is 10.2. The van der Waals surface area contributed by atoms with Gasteiger partial charge in [-0.25, -0.2) is 4.68 Å². The van der Waals surface area contributed by atoms with Crippen molar-refractivity contribution in [3.8, 4) is 0 Å². The summed E-state index contributed by atoms with van der Waals surface area (Å²) >= 11 is 0. The highest BCUT2D eigenvalue weighted by Gasteiger charge is 2.30. The van der Waals surface area contributed by atoms with Gasteiger partial charge in [0.1, 0.15) is 6.04 Å². The fourth-order valence-corrected chi connectivity index (χ4v) is 4.27. The quantitative estimate of drug-likeness (QED) is 0.524. The standard InChI is InChI=1S/C24H23N5O/c1-18-22-13-8-14-27(22)15-16-28(18)24(30)21-17-29(26-25-21)23(19-9-4-2-5-10-19)20-11-6-3-7-12-20/h2-14,17-18,23H,15-16H2,1H3. The van der Waals surface area contributed by atoms with Crippen LogP contribution in [0.15, 0.2) is 85.2 Å². The lowest BCUT2D eigenvalue weighted by molar-refractivity contribution is 0.0637. The van der Waals surface area contributed by atoms with Crippen LogP contribution < -0.4 is 0 Å². The van der Waals surface area contributed by atoms with E-state index < -0.39 is 0 Å². The van der Waals surface area contributed by atoms with Gasteiger partial charge in [-0.2, -0.15) is 0 Å². The number of amides is 1. The first-order chi connectivity index (χ1) is 14.7. The minimum absolute atomic E-state index is 0.00504. The van der Waals surface area contributed by atoms with E-state index in [1.165, 1.54) is 0 Å². The Kier molecular flexibility index (Phi) is 4.67. The molecule has 0 aliphatic carbocycles. The number of hydrogen-bond donors (Lipinski definition) is 0. The molecule has 0 saturated heterocycles. The van der Waals surface area contributed by atoms with Gasteiger partial charge in [-0.1, -0.05) is 65.9 Å². The van der Waals surface area contributed by atoms with E-state index in [-0.39, 0.29) is 18.0 Å². The summed E-state index contributed by atoms with van der Waals surface area (Å²) < 4.78 is 3.99. The van der Waals surface area contributed by atoms with Crippen LogP contribution in [0.3, 0.4) is 0 Å². The summed E-state index contributed by atoms with van der Waals surface area (Å²) in [5, 5.41) is 8.61. The summed E-state index contributed by atoms with van der Waals surface area (Å²) in [5.41, 5.74) is 3.71.